The summed E-state index contributed by atoms with van der Waals surface area (Å²) in [5.41, 5.74) is 2.54. The third kappa shape index (κ3) is 7.55. The number of amides is 1. The summed E-state index contributed by atoms with van der Waals surface area (Å²) in [6, 6.07) is 10.5. The number of sulfone groups is 1. The van der Waals surface area contributed by atoms with E-state index < -0.39 is 31.1 Å². The lowest BCUT2D eigenvalue weighted by Gasteiger charge is -2.40. The van der Waals surface area contributed by atoms with Crippen molar-refractivity contribution in [2.45, 2.75) is 31.1 Å². The highest BCUT2D eigenvalue weighted by Crippen LogP contribution is 2.40. The van der Waals surface area contributed by atoms with Crippen LogP contribution >= 0.6 is 10.6 Å². The molecule has 4 N–H and O–H groups in total. The SMILES string of the molecule is CC(CCn1ccc(-c2ccc(OCCCN3CCS(O)(O)CC3)cc2)cc1=O)(C(=O)NO)S(C)(=O)=O. The van der Waals surface area contributed by atoms with Crippen molar-refractivity contribution < 1.29 is 32.3 Å². The first kappa shape index (κ1) is 29.1. The number of hydrogen-bond acceptors (Lipinski definition) is 9. The molecule has 1 aromatic heterocycles. The third-order valence-corrected chi connectivity index (χ3v) is 10.5. The normalized spacial score (nSPS) is 18.5. The predicted molar refractivity (Wildman–Crippen MR) is 143 cm³/mol. The number of carbonyl (C=O) groups is 1. The summed E-state index contributed by atoms with van der Waals surface area (Å²) in [6.07, 6.45) is 3.08. The molecule has 37 heavy (non-hydrogen) atoms. The van der Waals surface area contributed by atoms with Crippen LogP contribution in [0, 0.1) is 0 Å². The molecule has 11 nitrogen and oxygen atoms in total. The van der Waals surface area contributed by atoms with E-state index in [-0.39, 0.29) is 18.5 Å². The number of nitrogens with zero attached hydrogens (tertiary/aromatic N) is 2. The molecular weight excluding hydrogens is 522 g/mol. The van der Waals surface area contributed by atoms with E-state index in [9.17, 15) is 27.1 Å². The molecule has 2 heterocycles. The number of aryl methyl sites for hydroxylation is 1. The van der Waals surface area contributed by atoms with Crippen molar-refractivity contribution in [2.24, 2.45) is 0 Å². The van der Waals surface area contributed by atoms with Gasteiger partial charge in [0, 0.05) is 44.7 Å². The molecule has 0 saturated carbocycles. The summed E-state index contributed by atoms with van der Waals surface area (Å²) in [5.74, 6) is 0.516. The molecule has 0 aliphatic carbocycles. The highest BCUT2D eigenvalue weighted by molar-refractivity contribution is 8.24. The topological polar surface area (TPSA) is 158 Å². The number of aromatic nitrogens is 1. The minimum absolute atomic E-state index is 0.0255. The summed E-state index contributed by atoms with van der Waals surface area (Å²) in [7, 11) is -6.23. The third-order valence-electron chi connectivity index (χ3n) is 6.77. The molecule has 3 rings (SSSR count). The summed E-state index contributed by atoms with van der Waals surface area (Å²) >= 11 is 0. The fraction of sp³-hybridized carbons (Fsp3) is 0.500. The van der Waals surface area contributed by atoms with E-state index in [2.05, 4.69) is 4.90 Å². The van der Waals surface area contributed by atoms with Gasteiger partial charge in [-0.05, 0) is 49.1 Å². The maximum absolute atomic E-state index is 12.6. The van der Waals surface area contributed by atoms with Crippen LogP contribution in [0.5, 0.6) is 5.75 Å². The number of hydroxylamine groups is 1. The first-order valence-corrected chi connectivity index (χ1v) is 15.7. The lowest BCUT2D eigenvalue weighted by Crippen LogP contribution is -2.49. The average Bonchev–Trinajstić information content (AvgIpc) is 2.85. The van der Waals surface area contributed by atoms with Crippen LogP contribution in [0.4, 0.5) is 0 Å². The summed E-state index contributed by atoms with van der Waals surface area (Å²) < 4.78 is 48.8. The Labute approximate surface area is 218 Å². The first-order chi connectivity index (χ1) is 17.3. The lowest BCUT2D eigenvalue weighted by atomic mass is 10.1. The Bertz CT molecular complexity index is 1240. The second-order valence-corrected chi connectivity index (χ2v) is 14.3. The van der Waals surface area contributed by atoms with Crippen molar-refractivity contribution in [3.63, 3.8) is 0 Å². The molecule has 0 spiro atoms. The van der Waals surface area contributed by atoms with Gasteiger partial charge in [0.25, 0.3) is 11.5 Å². The van der Waals surface area contributed by atoms with Gasteiger partial charge in [-0.3, -0.25) is 23.9 Å². The Balaban J connectivity index is 1.54. The van der Waals surface area contributed by atoms with Crippen molar-refractivity contribution in [1.29, 1.82) is 0 Å². The van der Waals surface area contributed by atoms with Crippen molar-refractivity contribution in [3.8, 4) is 16.9 Å². The van der Waals surface area contributed by atoms with Gasteiger partial charge in [0.2, 0.25) is 0 Å². The Morgan fingerprint density at radius 1 is 1.11 bits per heavy atom. The number of ether oxygens (including phenoxy) is 1. The standard InChI is InChI=1S/C24H35N3O8S2/c1-24(23(29)25-30,36(2,31)32)9-12-27-11-8-20(18-22(27)28)19-4-6-21(7-5-19)35-15-3-10-26-13-16-37(33,34)17-14-26/h4-8,11,18,30,33-34H,3,9-10,12-17H2,1-2H3,(H,25,29). The molecule has 0 bridgehead atoms. The van der Waals surface area contributed by atoms with E-state index in [4.69, 9.17) is 9.94 Å². The van der Waals surface area contributed by atoms with E-state index in [0.717, 1.165) is 24.8 Å². The maximum atomic E-state index is 12.6. The van der Waals surface area contributed by atoms with E-state index >= 15 is 0 Å². The number of hydrogen-bond donors (Lipinski definition) is 4. The average molecular weight is 558 g/mol. The van der Waals surface area contributed by atoms with Crippen LogP contribution in [-0.4, -0.2) is 86.9 Å². The van der Waals surface area contributed by atoms with Gasteiger partial charge in [0.05, 0.1) is 18.1 Å². The van der Waals surface area contributed by atoms with Gasteiger partial charge in [-0.25, -0.2) is 13.9 Å². The second-order valence-electron chi connectivity index (χ2n) is 9.42. The summed E-state index contributed by atoms with van der Waals surface area (Å²) in [4.78, 5) is 26.8. The molecule has 2 aromatic rings. The van der Waals surface area contributed by atoms with E-state index in [1.54, 1.807) is 12.3 Å². The lowest BCUT2D eigenvalue weighted by molar-refractivity contribution is -0.131. The van der Waals surface area contributed by atoms with E-state index in [1.807, 2.05) is 24.3 Å². The number of carbonyl (C=O) groups excluding carboxylic acids is 1. The molecule has 0 radical (unpaired) electrons. The van der Waals surface area contributed by atoms with Crippen LogP contribution < -0.4 is 15.8 Å². The Hall–Kier alpha value is -2.42. The van der Waals surface area contributed by atoms with E-state index in [0.29, 0.717) is 42.5 Å². The van der Waals surface area contributed by atoms with Crippen LogP contribution in [0.1, 0.15) is 19.8 Å². The molecular formula is C24H35N3O8S2. The van der Waals surface area contributed by atoms with Gasteiger partial charge in [-0.1, -0.05) is 12.1 Å². The number of benzene rings is 1. The van der Waals surface area contributed by atoms with Crippen molar-refractivity contribution in [3.05, 3.63) is 52.9 Å². The van der Waals surface area contributed by atoms with Crippen molar-refractivity contribution >= 4 is 26.3 Å². The molecule has 1 fully saturated rings. The van der Waals surface area contributed by atoms with Crippen molar-refractivity contribution in [1.82, 2.24) is 14.9 Å². The number of nitrogens with one attached hydrogen (secondary N) is 1. The minimum atomic E-state index is -3.85. The summed E-state index contributed by atoms with van der Waals surface area (Å²) in [5, 5.41) is 8.94. The van der Waals surface area contributed by atoms with E-state index in [1.165, 1.54) is 23.0 Å². The first-order valence-electron chi connectivity index (χ1n) is 11.9. The fourth-order valence-corrected chi connectivity index (χ4v) is 6.15. The van der Waals surface area contributed by atoms with Crippen LogP contribution in [0.15, 0.2) is 47.4 Å². The number of pyridine rings is 1. The maximum Gasteiger partial charge on any atom is 0.264 e. The van der Waals surface area contributed by atoms with Gasteiger partial charge in [0.1, 0.15) is 5.75 Å². The van der Waals surface area contributed by atoms with Gasteiger partial charge in [0.15, 0.2) is 14.6 Å². The number of rotatable bonds is 11. The van der Waals surface area contributed by atoms with Gasteiger partial charge < -0.3 is 14.2 Å². The zero-order valence-electron chi connectivity index (χ0n) is 21.0. The molecule has 13 heteroatoms. The Kier molecular flexibility index (Phi) is 9.42. The van der Waals surface area contributed by atoms with Crippen molar-refractivity contribution in [2.75, 3.05) is 44.0 Å². The highest BCUT2D eigenvalue weighted by Gasteiger charge is 2.43. The fourth-order valence-electron chi connectivity index (χ4n) is 4.00. The largest absolute Gasteiger partial charge is 0.494 e. The zero-order valence-corrected chi connectivity index (χ0v) is 22.6. The van der Waals surface area contributed by atoms with Crippen LogP contribution in [0.3, 0.4) is 0 Å². The Morgan fingerprint density at radius 2 is 1.76 bits per heavy atom. The van der Waals surface area contributed by atoms with Gasteiger partial charge in [-0.15, -0.1) is 0 Å². The molecule has 206 valence electrons. The monoisotopic (exact) mass is 557 g/mol. The van der Waals surface area contributed by atoms with Gasteiger partial charge >= 0.3 is 0 Å². The molecule has 1 aliphatic rings. The molecule has 1 saturated heterocycles. The van der Waals surface area contributed by atoms with Crippen LogP contribution in [0.25, 0.3) is 11.1 Å². The Morgan fingerprint density at radius 3 is 2.32 bits per heavy atom. The van der Waals surface area contributed by atoms with Crippen LogP contribution in [-0.2, 0) is 21.2 Å². The quantitative estimate of drug-likeness (QED) is 0.184. The van der Waals surface area contributed by atoms with Gasteiger partial charge in [-0.2, -0.15) is 10.6 Å². The highest BCUT2D eigenvalue weighted by atomic mass is 32.3. The minimum Gasteiger partial charge on any atom is -0.494 e. The smallest absolute Gasteiger partial charge is 0.264 e. The molecule has 1 atom stereocenters. The molecule has 1 aromatic carbocycles. The predicted octanol–water partition coefficient (Wildman–Crippen LogP) is 2.05. The summed E-state index contributed by atoms with van der Waals surface area (Å²) in [6.45, 7) is 3.92. The van der Waals surface area contributed by atoms with Crippen LogP contribution in [0.2, 0.25) is 0 Å². The molecule has 1 amide bonds. The molecule has 1 unspecified atom stereocenters. The zero-order chi connectivity index (χ0) is 27.3. The second kappa shape index (κ2) is 12.0. The molecule has 1 aliphatic heterocycles.